The largest absolute Gasteiger partial charge is 0.421 e. The number of hydrogen-bond acceptors (Lipinski definition) is 4. The Balaban J connectivity index is 2.27. The number of nitrogens with two attached hydrogens (primary N) is 1. The Morgan fingerprint density at radius 1 is 1.35 bits per heavy atom. The molecule has 0 amide bonds. The average Bonchev–Trinajstić information content (AvgIpc) is 2.34. The van der Waals surface area contributed by atoms with Crippen LogP contribution in [0.25, 0.3) is 0 Å². The van der Waals surface area contributed by atoms with E-state index < -0.39 is 5.82 Å². The van der Waals surface area contributed by atoms with Gasteiger partial charge < -0.3 is 10.5 Å². The minimum absolute atomic E-state index is 0.0635. The van der Waals surface area contributed by atoms with E-state index in [0.717, 1.165) is 0 Å². The van der Waals surface area contributed by atoms with Crippen molar-refractivity contribution in [3.8, 4) is 11.8 Å². The fourth-order valence-electron chi connectivity index (χ4n) is 1.19. The van der Waals surface area contributed by atoms with Crippen molar-refractivity contribution in [1.29, 1.82) is 0 Å². The van der Waals surface area contributed by atoms with Crippen LogP contribution in [-0.2, 0) is 6.54 Å². The molecule has 0 unspecified atom stereocenters. The standard InChI is InChI=1S/C11H9BrFN3O/c12-7-1-2-9(13)10(5-7)17-11-15-4-3-8(6-14)16-11/h1-5H,6,14H2. The van der Waals surface area contributed by atoms with Gasteiger partial charge in [0.05, 0.1) is 5.69 Å². The van der Waals surface area contributed by atoms with Crippen molar-refractivity contribution in [2.75, 3.05) is 0 Å². The molecular formula is C11H9BrFN3O. The molecule has 17 heavy (non-hydrogen) atoms. The fraction of sp³-hybridized carbons (Fsp3) is 0.0909. The Labute approximate surface area is 106 Å². The van der Waals surface area contributed by atoms with Gasteiger partial charge in [0.25, 0.3) is 0 Å². The van der Waals surface area contributed by atoms with Gasteiger partial charge >= 0.3 is 6.01 Å². The molecule has 0 radical (unpaired) electrons. The molecule has 0 spiro atoms. The van der Waals surface area contributed by atoms with Gasteiger partial charge in [-0.25, -0.2) is 9.37 Å². The molecule has 88 valence electrons. The average molecular weight is 298 g/mol. The summed E-state index contributed by atoms with van der Waals surface area (Å²) < 4.78 is 19.4. The van der Waals surface area contributed by atoms with Crippen LogP contribution < -0.4 is 10.5 Å². The smallest absolute Gasteiger partial charge is 0.322 e. The molecule has 0 atom stereocenters. The van der Waals surface area contributed by atoms with Crippen molar-refractivity contribution in [2.24, 2.45) is 5.73 Å². The molecule has 4 nitrogen and oxygen atoms in total. The Morgan fingerprint density at radius 3 is 2.94 bits per heavy atom. The van der Waals surface area contributed by atoms with Crippen LogP contribution in [0.2, 0.25) is 0 Å². The molecule has 0 fully saturated rings. The number of rotatable bonds is 3. The zero-order valence-corrected chi connectivity index (χ0v) is 10.3. The third-order valence-corrected chi connectivity index (χ3v) is 2.49. The van der Waals surface area contributed by atoms with Gasteiger partial charge in [0.2, 0.25) is 0 Å². The quantitative estimate of drug-likeness (QED) is 0.946. The summed E-state index contributed by atoms with van der Waals surface area (Å²) in [4.78, 5) is 7.90. The molecular weight excluding hydrogens is 289 g/mol. The molecule has 0 saturated heterocycles. The van der Waals surface area contributed by atoms with Crippen LogP contribution in [-0.4, -0.2) is 9.97 Å². The topological polar surface area (TPSA) is 61.0 Å². The number of nitrogens with zero attached hydrogens (tertiary/aromatic N) is 2. The van der Waals surface area contributed by atoms with Crippen LogP contribution in [0.4, 0.5) is 4.39 Å². The van der Waals surface area contributed by atoms with E-state index in [9.17, 15) is 4.39 Å². The second kappa shape index (κ2) is 5.20. The summed E-state index contributed by atoms with van der Waals surface area (Å²) in [5.74, 6) is -0.413. The molecule has 0 bridgehead atoms. The number of ether oxygens (including phenoxy) is 1. The van der Waals surface area contributed by atoms with Crippen molar-refractivity contribution < 1.29 is 9.13 Å². The molecule has 1 aromatic carbocycles. The fourth-order valence-corrected chi connectivity index (χ4v) is 1.53. The van der Waals surface area contributed by atoms with Crippen molar-refractivity contribution in [1.82, 2.24) is 9.97 Å². The van der Waals surface area contributed by atoms with Crippen LogP contribution in [0.1, 0.15) is 5.69 Å². The summed E-state index contributed by atoms with van der Waals surface area (Å²) in [6, 6.07) is 6.13. The third-order valence-electron chi connectivity index (χ3n) is 1.99. The van der Waals surface area contributed by atoms with Crippen molar-refractivity contribution in [3.63, 3.8) is 0 Å². The van der Waals surface area contributed by atoms with E-state index in [2.05, 4.69) is 25.9 Å². The van der Waals surface area contributed by atoms with Crippen molar-refractivity contribution in [2.45, 2.75) is 6.54 Å². The summed E-state index contributed by atoms with van der Waals surface area (Å²) in [5, 5.41) is 0. The Bertz CT molecular complexity index is 536. The third kappa shape index (κ3) is 2.98. The van der Waals surface area contributed by atoms with Gasteiger partial charge in [0, 0.05) is 17.2 Å². The van der Waals surface area contributed by atoms with Crippen LogP contribution >= 0.6 is 15.9 Å². The first-order valence-electron chi connectivity index (χ1n) is 4.84. The minimum atomic E-state index is -0.477. The lowest BCUT2D eigenvalue weighted by molar-refractivity contribution is 0.409. The normalized spacial score (nSPS) is 10.3. The number of benzene rings is 1. The van der Waals surface area contributed by atoms with Crippen molar-refractivity contribution in [3.05, 3.63) is 46.4 Å². The van der Waals surface area contributed by atoms with Gasteiger partial charge in [-0.2, -0.15) is 4.98 Å². The molecule has 6 heteroatoms. The first kappa shape index (κ1) is 11.9. The molecule has 0 aliphatic heterocycles. The monoisotopic (exact) mass is 297 g/mol. The van der Waals surface area contributed by atoms with Crippen LogP contribution in [0.15, 0.2) is 34.9 Å². The van der Waals surface area contributed by atoms with Gasteiger partial charge in [0.1, 0.15) is 0 Å². The van der Waals surface area contributed by atoms with Gasteiger partial charge in [-0.15, -0.1) is 0 Å². The highest BCUT2D eigenvalue weighted by Gasteiger charge is 2.07. The van der Waals surface area contributed by atoms with E-state index in [4.69, 9.17) is 10.5 Å². The Morgan fingerprint density at radius 2 is 2.18 bits per heavy atom. The lowest BCUT2D eigenvalue weighted by Crippen LogP contribution is -2.02. The van der Waals surface area contributed by atoms with Gasteiger partial charge in [-0.3, -0.25) is 0 Å². The van der Waals surface area contributed by atoms with Crippen LogP contribution in [0.5, 0.6) is 11.8 Å². The summed E-state index contributed by atoms with van der Waals surface area (Å²) >= 11 is 3.23. The first-order chi connectivity index (χ1) is 8.19. The van der Waals surface area contributed by atoms with E-state index in [1.807, 2.05) is 0 Å². The van der Waals surface area contributed by atoms with Crippen LogP contribution in [0.3, 0.4) is 0 Å². The molecule has 2 N–H and O–H groups in total. The molecule has 0 saturated carbocycles. The second-order valence-corrected chi connectivity index (χ2v) is 4.13. The maximum atomic E-state index is 13.4. The van der Waals surface area contributed by atoms with E-state index in [-0.39, 0.29) is 18.3 Å². The molecule has 1 aromatic heterocycles. The van der Waals surface area contributed by atoms with Gasteiger partial charge in [-0.1, -0.05) is 15.9 Å². The van der Waals surface area contributed by atoms with Gasteiger partial charge in [-0.05, 0) is 24.3 Å². The maximum absolute atomic E-state index is 13.4. The Hall–Kier alpha value is -1.53. The summed E-state index contributed by atoms with van der Waals surface area (Å²) in [7, 11) is 0. The van der Waals surface area contributed by atoms with E-state index >= 15 is 0 Å². The number of hydrogen-bond donors (Lipinski definition) is 1. The molecule has 1 heterocycles. The Kier molecular flexibility index (Phi) is 3.65. The number of halogens is 2. The molecule has 2 rings (SSSR count). The first-order valence-corrected chi connectivity index (χ1v) is 5.63. The van der Waals surface area contributed by atoms with E-state index in [0.29, 0.717) is 10.2 Å². The maximum Gasteiger partial charge on any atom is 0.322 e. The highest BCUT2D eigenvalue weighted by atomic mass is 79.9. The lowest BCUT2D eigenvalue weighted by atomic mass is 10.3. The summed E-state index contributed by atoms with van der Waals surface area (Å²) in [6.45, 7) is 0.278. The second-order valence-electron chi connectivity index (χ2n) is 3.21. The van der Waals surface area contributed by atoms with E-state index in [1.165, 1.54) is 18.3 Å². The van der Waals surface area contributed by atoms with Crippen molar-refractivity contribution >= 4 is 15.9 Å². The van der Waals surface area contributed by atoms with E-state index in [1.54, 1.807) is 12.1 Å². The van der Waals surface area contributed by atoms with Gasteiger partial charge in [0.15, 0.2) is 11.6 Å². The predicted octanol–water partition coefficient (Wildman–Crippen LogP) is 2.63. The SMILES string of the molecule is NCc1ccnc(Oc2cc(Br)ccc2F)n1. The molecule has 0 aliphatic carbocycles. The predicted molar refractivity (Wildman–Crippen MR) is 64.1 cm³/mol. The zero-order chi connectivity index (χ0) is 12.3. The summed E-state index contributed by atoms with van der Waals surface area (Å²) in [6.07, 6.45) is 1.51. The molecule has 0 aliphatic rings. The lowest BCUT2D eigenvalue weighted by Gasteiger charge is -2.05. The number of aromatic nitrogens is 2. The molecule has 2 aromatic rings. The summed E-state index contributed by atoms with van der Waals surface area (Å²) in [5.41, 5.74) is 6.07. The van der Waals surface area contributed by atoms with Crippen LogP contribution in [0, 0.1) is 5.82 Å². The minimum Gasteiger partial charge on any atom is -0.421 e. The highest BCUT2D eigenvalue weighted by Crippen LogP contribution is 2.25. The zero-order valence-electron chi connectivity index (χ0n) is 8.73. The highest BCUT2D eigenvalue weighted by molar-refractivity contribution is 9.10.